The van der Waals surface area contributed by atoms with E-state index in [0.29, 0.717) is 5.95 Å². The summed E-state index contributed by atoms with van der Waals surface area (Å²) >= 11 is 0. The molecule has 4 nitrogen and oxygen atoms in total. The molecule has 0 aliphatic heterocycles. The van der Waals surface area contributed by atoms with Gasteiger partial charge in [0, 0.05) is 24.8 Å². The molecule has 2 N–H and O–H groups in total. The van der Waals surface area contributed by atoms with Gasteiger partial charge >= 0.3 is 0 Å². The lowest BCUT2D eigenvalue weighted by Gasteiger charge is -2.15. The Morgan fingerprint density at radius 1 is 1.20 bits per heavy atom. The van der Waals surface area contributed by atoms with Crippen molar-refractivity contribution in [2.75, 3.05) is 17.7 Å². The average Bonchev–Trinajstić information content (AvgIpc) is 2.40. The van der Waals surface area contributed by atoms with Crippen LogP contribution in [0.2, 0.25) is 0 Å². The molecule has 0 radical (unpaired) electrons. The highest BCUT2D eigenvalue weighted by molar-refractivity contribution is 5.42. The SMILES string of the molecule is CNc1nc(C)cc(NC(C)Cc2ccc(F)cc2)n1. The van der Waals surface area contributed by atoms with Crippen LogP contribution in [-0.2, 0) is 6.42 Å². The van der Waals surface area contributed by atoms with Crippen molar-refractivity contribution in [1.82, 2.24) is 9.97 Å². The van der Waals surface area contributed by atoms with Crippen LogP contribution in [0.15, 0.2) is 30.3 Å². The third kappa shape index (κ3) is 3.91. The fourth-order valence-electron chi connectivity index (χ4n) is 2.03. The Hall–Kier alpha value is -2.17. The molecular formula is C15H19FN4. The molecule has 0 amide bonds. The summed E-state index contributed by atoms with van der Waals surface area (Å²) < 4.78 is 12.9. The molecule has 5 heteroatoms. The summed E-state index contributed by atoms with van der Waals surface area (Å²) in [6.45, 7) is 4.00. The van der Waals surface area contributed by atoms with Crippen molar-refractivity contribution in [2.45, 2.75) is 26.3 Å². The van der Waals surface area contributed by atoms with Gasteiger partial charge in [0.2, 0.25) is 5.95 Å². The van der Waals surface area contributed by atoms with Crippen molar-refractivity contribution in [3.05, 3.63) is 47.4 Å². The molecule has 0 fully saturated rings. The molecule has 2 aromatic rings. The van der Waals surface area contributed by atoms with Crippen molar-refractivity contribution in [1.29, 1.82) is 0 Å². The van der Waals surface area contributed by atoms with Gasteiger partial charge in [-0.05, 0) is 38.0 Å². The van der Waals surface area contributed by atoms with Gasteiger partial charge in [-0.15, -0.1) is 0 Å². The van der Waals surface area contributed by atoms with Crippen LogP contribution in [-0.4, -0.2) is 23.1 Å². The molecule has 1 unspecified atom stereocenters. The maximum Gasteiger partial charge on any atom is 0.224 e. The molecule has 1 atom stereocenters. The van der Waals surface area contributed by atoms with E-state index in [9.17, 15) is 4.39 Å². The smallest absolute Gasteiger partial charge is 0.224 e. The number of rotatable bonds is 5. The predicted molar refractivity (Wildman–Crippen MR) is 79.5 cm³/mol. The highest BCUT2D eigenvalue weighted by Gasteiger charge is 2.07. The average molecular weight is 274 g/mol. The number of hydrogen-bond acceptors (Lipinski definition) is 4. The standard InChI is InChI=1S/C15H19FN4/c1-10(8-12-4-6-13(16)7-5-12)18-14-9-11(2)19-15(17-3)20-14/h4-7,9-10H,8H2,1-3H3,(H2,17,18,19,20). The first-order valence-corrected chi connectivity index (χ1v) is 6.61. The van der Waals surface area contributed by atoms with Gasteiger partial charge in [0.15, 0.2) is 0 Å². The van der Waals surface area contributed by atoms with E-state index in [0.717, 1.165) is 23.5 Å². The van der Waals surface area contributed by atoms with Gasteiger partial charge in [-0.25, -0.2) is 9.37 Å². The lowest BCUT2D eigenvalue weighted by atomic mass is 10.1. The van der Waals surface area contributed by atoms with Crippen molar-refractivity contribution in [3.8, 4) is 0 Å². The Labute approximate surface area is 118 Å². The third-order valence-corrected chi connectivity index (χ3v) is 2.93. The number of halogens is 1. The topological polar surface area (TPSA) is 49.8 Å². The van der Waals surface area contributed by atoms with Gasteiger partial charge in [-0.2, -0.15) is 4.98 Å². The number of hydrogen-bond donors (Lipinski definition) is 2. The first-order valence-electron chi connectivity index (χ1n) is 6.61. The zero-order valence-corrected chi connectivity index (χ0v) is 11.9. The predicted octanol–water partition coefficient (Wildman–Crippen LogP) is 3.01. The molecule has 0 spiro atoms. The molecule has 0 saturated heterocycles. The fourth-order valence-corrected chi connectivity index (χ4v) is 2.03. The zero-order chi connectivity index (χ0) is 14.5. The van der Waals surface area contributed by atoms with Crippen molar-refractivity contribution < 1.29 is 4.39 Å². The van der Waals surface area contributed by atoms with Crippen LogP contribution in [0.25, 0.3) is 0 Å². The second kappa shape index (κ2) is 6.32. The van der Waals surface area contributed by atoms with Gasteiger partial charge in [-0.3, -0.25) is 0 Å². The van der Waals surface area contributed by atoms with Crippen LogP contribution in [0.3, 0.4) is 0 Å². The van der Waals surface area contributed by atoms with E-state index in [1.165, 1.54) is 12.1 Å². The van der Waals surface area contributed by atoms with Crippen LogP contribution in [0.1, 0.15) is 18.2 Å². The minimum atomic E-state index is -0.209. The Balaban J connectivity index is 2.02. The maximum atomic E-state index is 12.9. The number of nitrogens with one attached hydrogen (secondary N) is 2. The lowest BCUT2D eigenvalue weighted by Crippen LogP contribution is -2.19. The minimum absolute atomic E-state index is 0.194. The van der Waals surface area contributed by atoms with Crippen LogP contribution < -0.4 is 10.6 Å². The number of anilines is 2. The van der Waals surface area contributed by atoms with Crippen LogP contribution in [0.4, 0.5) is 16.2 Å². The van der Waals surface area contributed by atoms with Crippen molar-refractivity contribution >= 4 is 11.8 Å². The molecule has 0 aliphatic rings. The summed E-state index contributed by atoms with van der Waals surface area (Å²) in [4.78, 5) is 8.60. The van der Waals surface area contributed by atoms with Gasteiger partial charge in [0.1, 0.15) is 11.6 Å². The summed E-state index contributed by atoms with van der Waals surface area (Å²) in [6.07, 6.45) is 0.804. The van der Waals surface area contributed by atoms with Gasteiger partial charge < -0.3 is 10.6 Å². The maximum absolute atomic E-state index is 12.9. The van der Waals surface area contributed by atoms with Crippen molar-refractivity contribution in [3.63, 3.8) is 0 Å². The van der Waals surface area contributed by atoms with Gasteiger partial charge in [-0.1, -0.05) is 12.1 Å². The number of aryl methyl sites for hydroxylation is 1. The quantitative estimate of drug-likeness (QED) is 0.880. The summed E-state index contributed by atoms with van der Waals surface area (Å²) in [5, 5.41) is 6.27. The lowest BCUT2D eigenvalue weighted by molar-refractivity contribution is 0.626. The second-order valence-electron chi connectivity index (χ2n) is 4.84. The summed E-state index contributed by atoms with van der Waals surface area (Å²) in [5.41, 5.74) is 1.99. The molecule has 106 valence electrons. The second-order valence-corrected chi connectivity index (χ2v) is 4.84. The molecule has 2 rings (SSSR count). The summed E-state index contributed by atoms with van der Waals surface area (Å²) in [7, 11) is 1.79. The number of nitrogens with zero attached hydrogens (tertiary/aromatic N) is 2. The zero-order valence-electron chi connectivity index (χ0n) is 11.9. The van der Waals surface area contributed by atoms with E-state index < -0.39 is 0 Å². The molecule has 1 heterocycles. The first kappa shape index (κ1) is 14.2. The molecular weight excluding hydrogens is 255 g/mol. The largest absolute Gasteiger partial charge is 0.367 e. The molecule has 1 aromatic heterocycles. The van der Waals surface area contributed by atoms with E-state index in [1.807, 2.05) is 13.0 Å². The van der Waals surface area contributed by atoms with Crippen LogP contribution in [0.5, 0.6) is 0 Å². The molecule has 1 aromatic carbocycles. The monoisotopic (exact) mass is 274 g/mol. The highest BCUT2D eigenvalue weighted by Crippen LogP contribution is 2.13. The Morgan fingerprint density at radius 3 is 2.55 bits per heavy atom. The van der Waals surface area contributed by atoms with Crippen molar-refractivity contribution in [2.24, 2.45) is 0 Å². The van der Waals surface area contributed by atoms with E-state index >= 15 is 0 Å². The van der Waals surface area contributed by atoms with Crippen LogP contribution in [0, 0.1) is 12.7 Å². The Bertz CT molecular complexity index is 569. The molecule has 0 bridgehead atoms. The number of benzene rings is 1. The summed E-state index contributed by atoms with van der Waals surface area (Å²) in [5.74, 6) is 1.18. The normalized spacial score (nSPS) is 12.0. The molecule has 0 saturated carbocycles. The minimum Gasteiger partial charge on any atom is -0.367 e. The van der Waals surface area contributed by atoms with E-state index in [-0.39, 0.29) is 11.9 Å². The van der Waals surface area contributed by atoms with E-state index in [2.05, 4.69) is 27.5 Å². The highest BCUT2D eigenvalue weighted by atomic mass is 19.1. The van der Waals surface area contributed by atoms with E-state index in [1.54, 1.807) is 19.2 Å². The fraction of sp³-hybridized carbons (Fsp3) is 0.333. The summed E-state index contributed by atoms with van der Waals surface area (Å²) in [6, 6.07) is 8.67. The van der Waals surface area contributed by atoms with Crippen LogP contribution >= 0.6 is 0 Å². The van der Waals surface area contributed by atoms with Gasteiger partial charge in [0.05, 0.1) is 0 Å². The number of aromatic nitrogens is 2. The third-order valence-electron chi connectivity index (χ3n) is 2.93. The van der Waals surface area contributed by atoms with E-state index in [4.69, 9.17) is 0 Å². The Kier molecular flexibility index (Phi) is 4.50. The Morgan fingerprint density at radius 2 is 1.90 bits per heavy atom. The van der Waals surface area contributed by atoms with Gasteiger partial charge in [0.25, 0.3) is 0 Å². The molecule has 20 heavy (non-hydrogen) atoms. The molecule has 0 aliphatic carbocycles. The first-order chi connectivity index (χ1) is 9.56.